The van der Waals surface area contributed by atoms with E-state index in [-0.39, 0.29) is 11.5 Å². The van der Waals surface area contributed by atoms with Crippen molar-refractivity contribution in [1.82, 2.24) is 4.57 Å². The SMILES string of the molecule is CC1=[N+](C)c2ccccc2C1=C1C(=O)C(c2c(C)n(C)c3ccccc23)=C1O. The summed E-state index contributed by atoms with van der Waals surface area (Å²) in [5.41, 5.74) is 7.58. The van der Waals surface area contributed by atoms with Crippen LogP contribution in [0.3, 0.4) is 0 Å². The first-order valence-corrected chi connectivity index (χ1v) is 9.37. The number of fused-ring (bicyclic) bond motifs is 2. The average molecular weight is 369 g/mol. The van der Waals surface area contributed by atoms with E-state index in [1.165, 1.54) is 0 Å². The van der Waals surface area contributed by atoms with E-state index < -0.39 is 0 Å². The van der Waals surface area contributed by atoms with Gasteiger partial charge in [0.25, 0.3) is 0 Å². The molecule has 1 aliphatic heterocycles. The molecular formula is C24H21N2O2+. The lowest BCUT2D eigenvalue weighted by molar-refractivity contribution is -0.401. The summed E-state index contributed by atoms with van der Waals surface area (Å²) in [4.78, 5) is 13.3. The fourth-order valence-corrected chi connectivity index (χ4v) is 4.54. The van der Waals surface area contributed by atoms with E-state index in [2.05, 4.69) is 9.14 Å². The summed E-state index contributed by atoms with van der Waals surface area (Å²) >= 11 is 0. The zero-order chi connectivity index (χ0) is 19.7. The van der Waals surface area contributed by atoms with E-state index in [0.29, 0.717) is 11.1 Å². The highest BCUT2D eigenvalue weighted by molar-refractivity contribution is 6.47. The van der Waals surface area contributed by atoms with E-state index in [1.54, 1.807) is 0 Å². The van der Waals surface area contributed by atoms with Gasteiger partial charge in [-0.05, 0) is 19.1 Å². The number of aromatic nitrogens is 1. The summed E-state index contributed by atoms with van der Waals surface area (Å²) in [5.74, 6) is 0.0142. The summed E-state index contributed by atoms with van der Waals surface area (Å²) in [6.07, 6.45) is 0. The van der Waals surface area contributed by atoms with Crippen LogP contribution in [-0.4, -0.2) is 32.8 Å². The lowest BCUT2D eigenvalue weighted by atomic mass is 9.78. The largest absolute Gasteiger partial charge is 0.506 e. The summed E-state index contributed by atoms with van der Waals surface area (Å²) in [6.45, 7) is 3.98. The molecule has 1 aliphatic carbocycles. The number of carbonyl (C=O) groups excluding carboxylic acids is 1. The lowest BCUT2D eigenvalue weighted by Gasteiger charge is -2.23. The number of carbonyl (C=O) groups is 1. The minimum absolute atomic E-state index is 0.0867. The second-order valence-corrected chi connectivity index (χ2v) is 7.50. The molecular weight excluding hydrogens is 348 g/mol. The topological polar surface area (TPSA) is 45.2 Å². The Morgan fingerprint density at radius 1 is 0.929 bits per heavy atom. The van der Waals surface area contributed by atoms with Gasteiger partial charge in [0.15, 0.2) is 5.71 Å². The molecule has 2 aromatic carbocycles. The van der Waals surface area contributed by atoms with Crippen molar-refractivity contribution in [2.45, 2.75) is 13.8 Å². The Hall–Kier alpha value is -3.40. The molecule has 3 aromatic rings. The van der Waals surface area contributed by atoms with Gasteiger partial charge in [0, 0.05) is 42.2 Å². The number of hydrogen-bond acceptors (Lipinski definition) is 2. The van der Waals surface area contributed by atoms with E-state index >= 15 is 0 Å². The van der Waals surface area contributed by atoms with Crippen LogP contribution in [0.1, 0.15) is 23.7 Å². The second-order valence-electron chi connectivity index (χ2n) is 7.50. The third kappa shape index (κ3) is 1.89. The van der Waals surface area contributed by atoms with Crippen molar-refractivity contribution in [2.24, 2.45) is 7.05 Å². The van der Waals surface area contributed by atoms with Crippen molar-refractivity contribution in [3.05, 3.63) is 76.7 Å². The third-order valence-electron chi connectivity index (χ3n) is 6.23. The highest BCUT2D eigenvalue weighted by atomic mass is 16.3. The van der Waals surface area contributed by atoms with Gasteiger partial charge in [-0.1, -0.05) is 30.3 Å². The molecule has 5 rings (SSSR count). The molecule has 0 saturated heterocycles. The van der Waals surface area contributed by atoms with Crippen LogP contribution >= 0.6 is 0 Å². The number of para-hydroxylation sites is 2. The van der Waals surface area contributed by atoms with Gasteiger partial charge in [0.05, 0.1) is 22.3 Å². The summed E-state index contributed by atoms with van der Waals surface area (Å²) in [6, 6.07) is 16.0. The van der Waals surface area contributed by atoms with Gasteiger partial charge in [-0.25, -0.2) is 0 Å². The number of allylic oxidation sites excluding steroid dienone is 3. The van der Waals surface area contributed by atoms with Gasteiger partial charge in [0.1, 0.15) is 12.8 Å². The molecule has 0 fully saturated rings. The molecule has 2 heterocycles. The minimum Gasteiger partial charge on any atom is -0.506 e. The Bertz CT molecular complexity index is 1320. The van der Waals surface area contributed by atoms with Crippen LogP contribution < -0.4 is 0 Å². The quantitative estimate of drug-likeness (QED) is 0.506. The predicted octanol–water partition coefficient (Wildman–Crippen LogP) is 4.54. The fraction of sp³-hybridized carbons (Fsp3) is 0.167. The Morgan fingerprint density at radius 2 is 1.61 bits per heavy atom. The number of nitrogens with zero attached hydrogens (tertiary/aromatic N) is 2. The van der Waals surface area contributed by atoms with Crippen molar-refractivity contribution in [1.29, 1.82) is 0 Å². The van der Waals surface area contributed by atoms with Crippen LogP contribution in [0, 0.1) is 6.92 Å². The molecule has 4 nitrogen and oxygen atoms in total. The number of aliphatic hydroxyl groups excluding tert-OH is 1. The van der Waals surface area contributed by atoms with Crippen LogP contribution in [0.5, 0.6) is 0 Å². The maximum atomic E-state index is 13.3. The van der Waals surface area contributed by atoms with Crippen LogP contribution in [0.15, 0.2) is 59.9 Å². The Balaban J connectivity index is 1.79. The highest BCUT2D eigenvalue weighted by Gasteiger charge is 2.44. The average Bonchev–Trinajstić information content (AvgIpc) is 3.10. The van der Waals surface area contributed by atoms with Crippen LogP contribution in [0.2, 0.25) is 0 Å². The molecule has 0 bridgehead atoms. The van der Waals surface area contributed by atoms with Gasteiger partial charge in [-0.3, -0.25) is 4.79 Å². The normalized spacial score (nSPS) is 18.9. The number of aliphatic hydroxyl groups is 1. The van der Waals surface area contributed by atoms with E-state index in [0.717, 1.165) is 44.7 Å². The minimum atomic E-state index is -0.0867. The zero-order valence-electron chi connectivity index (χ0n) is 16.4. The van der Waals surface area contributed by atoms with Gasteiger partial charge in [0.2, 0.25) is 11.5 Å². The number of rotatable bonds is 1. The molecule has 0 spiro atoms. The van der Waals surface area contributed by atoms with Crippen LogP contribution in [0.4, 0.5) is 5.69 Å². The molecule has 0 unspecified atom stereocenters. The van der Waals surface area contributed by atoms with Crippen LogP contribution in [-0.2, 0) is 11.8 Å². The first-order valence-electron chi connectivity index (χ1n) is 9.37. The van der Waals surface area contributed by atoms with Crippen molar-refractivity contribution in [3.8, 4) is 0 Å². The molecule has 138 valence electrons. The smallest absolute Gasteiger partial charge is 0.213 e. The lowest BCUT2D eigenvalue weighted by Crippen LogP contribution is -2.24. The van der Waals surface area contributed by atoms with E-state index in [1.807, 2.05) is 76.5 Å². The molecule has 0 atom stereocenters. The van der Waals surface area contributed by atoms with Gasteiger partial charge >= 0.3 is 0 Å². The standard InChI is InChI=1S/C24H20N2O2/c1-13-19(15-9-5-7-11-17(15)25(13)3)21-23(27)22(24(21)28)20-14(2)26(4)18-12-8-6-10-16(18)20/h5-12H,1-4H3/p+1. The number of Topliss-reactive ketones (excluding diaryl/α,β-unsaturated/α-hetero) is 1. The van der Waals surface area contributed by atoms with E-state index in [4.69, 9.17) is 0 Å². The molecule has 4 heteroatoms. The van der Waals surface area contributed by atoms with Gasteiger partial charge < -0.3 is 9.67 Å². The number of ketones is 1. The van der Waals surface area contributed by atoms with Crippen molar-refractivity contribution in [3.63, 3.8) is 0 Å². The Labute approximate surface area is 163 Å². The molecule has 28 heavy (non-hydrogen) atoms. The summed E-state index contributed by atoms with van der Waals surface area (Å²) in [5, 5.41) is 12.0. The van der Waals surface area contributed by atoms with Crippen molar-refractivity contribution >= 4 is 39.2 Å². The number of hydrogen-bond donors (Lipinski definition) is 1. The van der Waals surface area contributed by atoms with Gasteiger partial charge in [-0.15, -0.1) is 0 Å². The monoisotopic (exact) mass is 369 g/mol. The predicted molar refractivity (Wildman–Crippen MR) is 112 cm³/mol. The van der Waals surface area contributed by atoms with E-state index in [9.17, 15) is 9.90 Å². The highest BCUT2D eigenvalue weighted by Crippen LogP contribution is 2.46. The maximum absolute atomic E-state index is 13.3. The first kappa shape index (κ1) is 16.8. The fourth-order valence-electron chi connectivity index (χ4n) is 4.54. The molecule has 2 aliphatic rings. The molecule has 1 aromatic heterocycles. The Kier molecular flexibility index (Phi) is 3.32. The number of aryl methyl sites for hydroxylation is 1. The summed E-state index contributed by atoms with van der Waals surface area (Å²) < 4.78 is 4.14. The Morgan fingerprint density at radius 3 is 2.36 bits per heavy atom. The molecule has 0 saturated carbocycles. The van der Waals surface area contributed by atoms with Gasteiger partial charge in [-0.2, -0.15) is 4.58 Å². The molecule has 0 radical (unpaired) electrons. The van der Waals surface area contributed by atoms with Crippen LogP contribution in [0.25, 0.3) is 22.0 Å². The molecule has 0 amide bonds. The second kappa shape index (κ2) is 5.55. The van der Waals surface area contributed by atoms with Crippen molar-refractivity contribution < 1.29 is 14.5 Å². The zero-order valence-corrected chi connectivity index (χ0v) is 16.4. The van der Waals surface area contributed by atoms with Crippen molar-refractivity contribution in [2.75, 3.05) is 7.05 Å². The third-order valence-corrected chi connectivity index (χ3v) is 6.23. The number of benzene rings is 2. The summed E-state index contributed by atoms with van der Waals surface area (Å²) in [7, 11) is 3.97. The molecule has 1 N–H and O–H groups in total. The maximum Gasteiger partial charge on any atom is 0.213 e. The first-order chi connectivity index (χ1) is 13.4.